The van der Waals surface area contributed by atoms with Gasteiger partial charge in [0.1, 0.15) is 11.4 Å². The molecule has 1 heterocycles. The summed E-state index contributed by atoms with van der Waals surface area (Å²) < 4.78 is 0. The number of aryl methyl sites for hydroxylation is 1. The molecular formula is C11H15N3O3S. The highest BCUT2D eigenvalue weighted by Gasteiger charge is 2.30. The molecule has 0 aliphatic heterocycles. The lowest BCUT2D eigenvalue weighted by molar-refractivity contribution is -0.137. The van der Waals surface area contributed by atoms with Gasteiger partial charge in [0.05, 0.1) is 5.69 Å². The van der Waals surface area contributed by atoms with Crippen LogP contribution in [0, 0.1) is 12.8 Å². The Hall–Kier alpha value is -1.63. The third-order valence-electron chi connectivity index (χ3n) is 2.80. The maximum absolute atomic E-state index is 12.3. The lowest BCUT2D eigenvalue weighted by Crippen LogP contribution is -2.37. The molecule has 1 aliphatic rings. The zero-order chi connectivity index (χ0) is 13.3. The van der Waals surface area contributed by atoms with Gasteiger partial charge >= 0.3 is 5.97 Å². The van der Waals surface area contributed by atoms with Gasteiger partial charge in [0.15, 0.2) is 5.13 Å². The Morgan fingerprint density at radius 3 is 2.67 bits per heavy atom. The monoisotopic (exact) mass is 269 g/mol. The molecule has 0 atom stereocenters. The van der Waals surface area contributed by atoms with Crippen LogP contribution in [0.1, 0.15) is 28.2 Å². The van der Waals surface area contributed by atoms with Crippen LogP contribution in [0.25, 0.3) is 0 Å². The number of carboxylic acid groups (broad SMARTS) is 1. The van der Waals surface area contributed by atoms with E-state index >= 15 is 0 Å². The molecule has 0 saturated heterocycles. The number of nitrogen functional groups attached to an aromatic ring is 1. The Labute approximate surface area is 108 Å². The van der Waals surface area contributed by atoms with E-state index in [-0.39, 0.29) is 12.5 Å². The molecule has 6 nitrogen and oxygen atoms in total. The average molecular weight is 269 g/mol. The van der Waals surface area contributed by atoms with E-state index in [1.807, 2.05) is 0 Å². The molecule has 2 rings (SSSR count). The maximum atomic E-state index is 12.3. The first-order chi connectivity index (χ1) is 8.47. The van der Waals surface area contributed by atoms with E-state index in [9.17, 15) is 9.59 Å². The smallest absolute Gasteiger partial charge is 0.323 e. The van der Waals surface area contributed by atoms with E-state index in [1.165, 1.54) is 4.90 Å². The van der Waals surface area contributed by atoms with Crippen LogP contribution in [0.5, 0.6) is 0 Å². The van der Waals surface area contributed by atoms with Gasteiger partial charge in [-0.05, 0) is 25.7 Å². The zero-order valence-electron chi connectivity index (χ0n) is 10.0. The van der Waals surface area contributed by atoms with Gasteiger partial charge in [0.25, 0.3) is 5.91 Å². The van der Waals surface area contributed by atoms with Gasteiger partial charge in [-0.2, -0.15) is 0 Å². The van der Waals surface area contributed by atoms with Crippen molar-refractivity contribution in [3.8, 4) is 0 Å². The average Bonchev–Trinajstić information content (AvgIpc) is 3.01. The molecule has 1 aromatic heterocycles. The fourth-order valence-electron chi connectivity index (χ4n) is 1.75. The summed E-state index contributed by atoms with van der Waals surface area (Å²) in [5.74, 6) is -0.839. The molecule has 1 fully saturated rings. The number of carbonyl (C=O) groups excluding carboxylic acids is 1. The number of nitrogens with zero attached hydrogens (tertiary/aromatic N) is 2. The van der Waals surface area contributed by atoms with Gasteiger partial charge < -0.3 is 15.7 Å². The first kappa shape index (κ1) is 12.8. The predicted octanol–water partition coefficient (Wildman–Crippen LogP) is 0.971. The Balaban J connectivity index is 2.15. The minimum atomic E-state index is -1.00. The molecule has 98 valence electrons. The summed E-state index contributed by atoms with van der Waals surface area (Å²) in [5.41, 5.74) is 6.12. The van der Waals surface area contributed by atoms with Crippen LogP contribution in [-0.2, 0) is 4.79 Å². The summed E-state index contributed by atoms with van der Waals surface area (Å²) in [5, 5.41) is 9.19. The predicted molar refractivity (Wildman–Crippen MR) is 67.5 cm³/mol. The SMILES string of the molecule is Cc1nc(N)sc1C(=O)N(CC(=O)O)CC1CC1. The Kier molecular flexibility index (Phi) is 3.51. The van der Waals surface area contributed by atoms with Crippen molar-refractivity contribution in [2.24, 2.45) is 5.92 Å². The third kappa shape index (κ3) is 2.98. The Morgan fingerprint density at radius 2 is 2.22 bits per heavy atom. The first-order valence-electron chi connectivity index (χ1n) is 5.71. The van der Waals surface area contributed by atoms with E-state index in [0.29, 0.717) is 28.2 Å². The molecule has 0 bridgehead atoms. The highest BCUT2D eigenvalue weighted by molar-refractivity contribution is 7.17. The van der Waals surface area contributed by atoms with Crippen LogP contribution in [0.2, 0.25) is 0 Å². The number of thiazole rings is 1. The van der Waals surface area contributed by atoms with Gasteiger partial charge in [-0.3, -0.25) is 9.59 Å². The Bertz CT molecular complexity index is 482. The number of carbonyl (C=O) groups is 2. The van der Waals surface area contributed by atoms with Crippen molar-refractivity contribution >= 4 is 28.3 Å². The number of amides is 1. The standard InChI is InChI=1S/C11H15N3O3S/c1-6-9(18-11(12)13-6)10(17)14(5-8(15)16)4-7-2-3-7/h7H,2-5H2,1H3,(H2,12,13)(H,15,16). The Morgan fingerprint density at radius 1 is 1.56 bits per heavy atom. The number of rotatable bonds is 5. The molecule has 1 aromatic rings. The van der Waals surface area contributed by atoms with Crippen LogP contribution in [-0.4, -0.2) is 40.0 Å². The van der Waals surface area contributed by atoms with Crippen LogP contribution >= 0.6 is 11.3 Å². The molecule has 18 heavy (non-hydrogen) atoms. The van der Waals surface area contributed by atoms with E-state index in [0.717, 1.165) is 24.2 Å². The summed E-state index contributed by atoms with van der Waals surface area (Å²) >= 11 is 1.11. The number of carboxylic acids is 1. The van der Waals surface area contributed by atoms with Crippen LogP contribution < -0.4 is 5.73 Å². The van der Waals surface area contributed by atoms with Gasteiger partial charge in [-0.25, -0.2) is 4.98 Å². The van der Waals surface area contributed by atoms with Gasteiger partial charge in [0, 0.05) is 6.54 Å². The van der Waals surface area contributed by atoms with Crippen LogP contribution in [0.3, 0.4) is 0 Å². The molecule has 0 radical (unpaired) electrons. The second-order valence-corrected chi connectivity index (χ2v) is 5.52. The van der Waals surface area contributed by atoms with Crippen molar-refractivity contribution in [2.45, 2.75) is 19.8 Å². The van der Waals surface area contributed by atoms with Crippen molar-refractivity contribution in [1.29, 1.82) is 0 Å². The topological polar surface area (TPSA) is 96.5 Å². The molecule has 1 saturated carbocycles. The van der Waals surface area contributed by atoms with Gasteiger partial charge in [0.2, 0.25) is 0 Å². The second-order valence-electron chi connectivity index (χ2n) is 4.49. The summed E-state index contributed by atoms with van der Waals surface area (Å²) in [6, 6.07) is 0. The number of hydrogen-bond acceptors (Lipinski definition) is 5. The minimum Gasteiger partial charge on any atom is -0.480 e. The first-order valence-corrected chi connectivity index (χ1v) is 6.53. The van der Waals surface area contributed by atoms with Gasteiger partial charge in [-0.1, -0.05) is 11.3 Å². The number of nitrogens with two attached hydrogens (primary N) is 1. The maximum Gasteiger partial charge on any atom is 0.323 e. The lowest BCUT2D eigenvalue weighted by Gasteiger charge is -2.19. The van der Waals surface area contributed by atoms with Crippen molar-refractivity contribution in [2.75, 3.05) is 18.8 Å². The fourth-order valence-corrected chi connectivity index (χ4v) is 2.56. The molecule has 0 spiro atoms. The summed E-state index contributed by atoms with van der Waals surface area (Å²) in [4.78, 5) is 28.9. The fraction of sp³-hybridized carbons (Fsp3) is 0.545. The number of aromatic nitrogens is 1. The van der Waals surface area contributed by atoms with E-state index in [4.69, 9.17) is 10.8 Å². The molecule has 0 unspecified atom stereocenters. The minimum absolute atomic E-state index is 0.271. The summed E-state index contributed by atoms with van der Waals surface area (Å²) in [6.45, 7) is 1.94. The van der Waals surface area contributed by atoms with Gasteiger partial charge in [-0.15, -0.1) is 0 Å². The van der Waals surface area contributed by atoms with Crippen molar-refractivity contribution < 1.29 is 14.7 Å². The largest absolute Gasteiger partial charge is 0.480 e. The number of aliphatic carboxylic acids is 1. The second kappa shape index (κ2) is 4.93. The van der Waals surface area contributed by atoms with Crippen molar-refractivity contribution in [1.82, 2.24) is 9.88 Å². The molecule has 1 amide bonds. The molecule has 3 N–H and O–H groups in total. The summed E-state index contributed by atoms with van der Waals surface area (Å²) in [6.07, 6.45) is 2.13. The highest BCUT2D eigenvalue weighted by Crippen LogP contribution is 2.31. The molecule has 0 aromatic carbocycles. The van der Waals surface area contributed by atoms with Crippen molar-refractivity contribution in [3.05, 3.63) is 10.6 Å². The van der Waals surface area contributed by atoms with Crippen LogP contribution in [0.4, 0.5) is 5.13 Å². The molecule has 7 heteroatoms. The number of hydrogen-bond donors (Lipinski definition) is 2. The quantitative estimate of drug-likeness (QED) is 0.830. The normalized spacial score (nSPS) is 14.5. The zero-order valence-corrected chi connectivity index (χ0v) is 10.9. The van der Waals surface area contributed by atoms with Crippen molar-refractivity contribution in [3.63, 3.8) is 0 Å². The number of anilines is 1. The van der Waals surface area contributed by atoms with E-state index in [1.54, 1.807) is 6.92 Å². The molecule has 1 aliphatic carbocycles. The highest BCUT2D eigenvalue weighted by atomic mass is 32.1. The summed E-state index contributed by atoms with van der Waals surface area (Å²) in [7, 11) is 0. The third-order valence-corrected chi connectivity index (χ3v) is 3.77. The van der Waals surface area contributed by atoms with E-state index < -0.39 is 5.97 Å². The molecular weight excluding hydrogens is 254 g/mol. The van der Waals surface area contributed by atoms with Crippen LogP contribution in [0.15, 0.2) is 0 Å². The lowest BCUT2D eigenvalue weighted by atomic mass is 10.3. The van der Waals surface area contributed by atoms with E-state index in [2.05, 4.69) is 4.98 Å².